The van der Waals surface area contributed by atoms with Gasteiger partial charge in [0.2, 0.25) is 0 Å². The second-order valence-electron chi connectivity index (χ2n) is 6.09. The third-order valence-electron chi connectivity index (χ3n) is 4.36. The summed E-state index contributed by atoms with van der Waals surface area (Å²) in [6.45, 7) is 9.12. The minimum absolute atomic E-state index is 0.348. The highest BCUT2D eigenvalue weighted by Gasteiger charge is 2.13. The first-order valence-electron chi connectivity index (χ1n) is 8.61. The number of fused-ring (bicyclic) bond motifs is 3. The predicted octanol–water partition coefficient (Wildman–Crippen LogP) is 4.65. The van der Waals surface area contributed by atoms with Crippen LogP contribution in [0.25, 0.3) is 21.9 Å². The molecule has 0 saturated carbocycles. The van der Waals surface area contributed by atoms with E-state index in [4.69, 9.17) is 13.9 Å². The van der Waals surface area contributed by atoms with Gasteiger partial charge in [0.25, 0.3) is 0 Å². The molecule has 1 aromatic heterocycles. The molecule has 0 amide bonds. The van der Waals surface area contributed by atoms with Gasteiger partial charge in [-0.15, -0.1) is 0 Å². The Labute approximate surface area is 156 Å². The maximum atomic E-state index is 11.4. The van der Waals surface area contributed by atoms with Crippen LogP contribution in [0.2, 0.25) is 0 Å². The van der Waals surface area contributed by atoms with Gasteiger partial charge in [0.15, 0.2) is 0 Å². The minimum atomic E-state index is -0.513. The molecule has 0 radical (unpaired) electrons. The maximum absolute atomic E-state index is 11.4. The van der Waals surface area contributed by atoms with E-state index in [1.807, 2.05) is 19.1 Å². The van der Waals surface area contributed by atoms with Crippen LogP contribution in [-0.2, 0) is 20.7 Å². The number of hydrogen-bond donors (Lipinski definition) is 0. The first kappa shape index (κ1) is 18.5. The Morgan fingerprint density at radius 1 is 1.07 bits per heavy atom. The Morgan fingerprint density at radius 3 is 2.56 bits per heavy atom. The smallest absolute Gasteiger partial charge is 0.335 e. The Morgan fingerprint density at radius 2 is 1.81 bits per heavy atom. The van der Waals surface area contributed by atoms with Gasteiger partial charge in [0.1, 0.15) is 16.9 Å². The molecule has 0 aliphatic heterocycles. The van der Waals surface area contributed by atoms with Crippen molar-refractivity contribution in [3.63, 3.8) is 0 Å². The Balaban J connectivity index is 1.85. The molecule has 0 saturated heterocycles. The number of aryl methyl sites for hydroxylation is 2. The Kier molecular flexibility index (Phi) is 5.41. The summed E-state index contributed by atoms with van der Waals surface area (Å²) in [5.74, 6) is -0.512. The number of benzene rings is 2. The third kappa shape index (κ3) is 3.92. The number of hydrogen-bond acceptors (Lipinski definition) is 5. The lowest BCUT2D eigenvalue weighted by Gasteiger charge is -2.06. The molecule has 3 rings (SSSR count). The second kappa shape index (κ2) is 7.91. The summed E-state index contributed by atoms with van der Waals surface area (Å²) < 4.78 is 16.2. The number of carbonyl (C=O) groups excluding carboxylic acids is 2. The molecule has 0 N–H and O–H groups in total. The Bertz CT molecular complexity index is 1040. The van der Waals surface area contributed by atoms with Crippen molar-refractivity contribution in [3.05, 3.63) is 66.8 Å². The number of carbonyl (C=O) groups is 2. The van der Waals surface area contributed by atoms with Crippen molar-refractivity contribution in [2.75, 3.05) is 6.61 Å². The average Bonchev–Trinajstić information content (AvgIpc) is 3.05. The van der Waals surface area contributed by atoms with Crippen LogP contribution >= 0.6 is 0 Å². The van der Waals surface area contributed by atoms with E-state index < -0.39 is 11.9 Å². The first-order valence-corrected chi connectivity index (χ1v) is 8.61. The van der Waals surface area contributed by atoms with Gasteiger partial charge in [-0.05, 0) is 43.0 Å². The largest absolute Gasteiger partial charge is 0.463 e. The number of rotatable bonds is 7. The van der Waals surface area contributed by atoms with Gasteiger partial charge in [0, 0.05) is 29.0 Å². The standard InChI is InChI=1S/C22H20O5/c1-4-20(23)25-12-6-7-15-8-10-18-17-11-9-16(26-21(24)5-2)13-19(17)27-22(18)14(15)3/h4-5,8-11,13H,1-2,6-7,12H2,3H3. The first-order chi connectivity index (χ1) is 13.0. The van der Waals surface area contributed by atoms with Crippen LogP contribution < -0.4 is 4.74 Å². The molecule has 0 spiro atoms. The summed E-state index contributed by atoms with van der Waals surface area (Å²) >= 11 is 0. The van der Waals surface area contributed by atoms with Crippen molar-refractivity contribution in [2.45, 2.75) is 19.8 Å². The molecule has 0 aliphatic rings. The van der Waals surface area contributed by atoms with E-state index in [-0.39, 0.29) is 0 Å². The summed E-state index contributed by atoms with van der Waals surface area (Å²) in [4.78, 5) is 22.5. The minimum Gasteiger partial charge on any atom is -0.463 e. The van der Waals surface area contributed by atoms with Gasteiger partial charge in [-0.1, -0.05) is 25.3 Å². The fraction of sp³-hybridized carbons (Fsp3) is 0.182. The van der Waals surface area contributed by atoms with E-state index in [1.165, 1.54) is 0 Å². The molecule has 0 bridgehead atoms. The molecule has 27 heavy (non-hydrogen) atoms. The lowest BCUT2D eigenvalue weighted by atomic mass is 10.0. The molecule has 5 nitrogen and oxygen atoms in total. The molecule has 0 aliphatic carbocycles. The molecule has 0 unspecified atom stereocenters. The topological polar surface area (TPSA) is 65.7 Å². The predicted molar refractivity (Wildman–Crippen MR) is 104 cm³/mol. The molecule has 2 aromatic carbocycles. The zero-order valence-electron chi connectivity index (χ0n) is 15.1. The number of ether oxygens (including phenoxy) is 2. The highest BCUT2D eigenvalue weighted by atomic mass is 16.5. The van der Waals surface area contributed by atoms with Crippen molar-refractivity contribution in [2.24, 2.45) is 0 Å². The molecular weight excluding hydrogens is 344 g/mol. The summed E-state index contributed by atoms with van der Waals surface area (Å²) in [5, 5.41) is 1.96. The van der Waals surface area contributed by atoms with Crippen LogP contribution in [0.4, 0.5) is 0 Å². The van der Waals surface area contributed by atoms with Crippen LogP contribution in [0.15, 0.2) is 60.1 Å². The van der Waals surface area contributed by atoms with E-state index in [1.54, 1.807) is 12.1 Å². The Hall–Kier alpha value is -3.34. The molecule has 3 aromatic rings. The van der Waals surface area contributed by atoms with E-state index in [9.17, 15) is 9.59 Å². The van der Waals surface area contributed by atoms with Crippen LogP contribution in [0.1, 0.15) is 17.5 Å². The van der Waals surface area contributed by atoms with Crippen molar-refractivity contribution in [1.29, 1.82) is 0 Å². The van der Waals surface area contributed by atoms with Crippen molar-refractivity contribution >= 4 is 33.9 Å². The summed E-state index contributed by atoms with van der Waals surface area (Å²) in [5.41, 5.74) is 3.63. The van der Waals surface area contributed by atoms with Gasteiger partial charge in [0.05, 0.1) is 6.61 Å². The van der Waals surface area contributed by atoms with E-state index in [0.717, 1.165) is 46.1 Å². The van der Waals surface area contributed by atoms with E-state index in [2.05, 4.69) is 19.2 Å². The third-order valence-corrected chi connectivity index (χ3v) is 4.36. The fourth-order valence-electron chi connectivity index (χ4n) is 2.98. The van der Waals surface area contributed by atoms with Crippen LogP contribution in [0.5, 0.6) is 5.75 Å². The molecule has 1 heterocycles. The van der Waals surface area contributed by atoms with Gasteiger partial charge >= 0.3 is 11.9 Å². The van der Waals surface area contributed by atoms with Gasteiger partial charge in [-0.3, -0.25) is 0 Å². The monoisotopic (exact) mass is 364 g/mol. The summed E-state index contributed by atoms with van der Waals surface area (Å²) in [7, 11) is 0. The van der Waals surface area contributed by atoms with Gasteiger partial charge in [-0.25, -0.2) is 9.59 Å². The zero-order valence-corrected chi connectivity index (χ0v) is 15.1. The quantitative estimate of drug-likeness (QED) is 0.264. The normalized spacial score (nSPS) is 10.7. The highest BCUT2D eigenvalue weighted by molar-refractivity contribution is 6.06. The van der Waals surface area contributed by atoms with Gasteiger partial charge < -0.3 is 13.9 Å². The van der Waals surface area contributed by atoms with Crippen LogP contribution in [0.3, 0.4) is 0 Å². The average molecular weight is 364 g/mol. The van der Waals surface area contributed by atoms with E-state index >= 15 is 0 Å². The summed E-state index contributed by atoms with van der Waals surface area (Å²) in [6.07, 6.45) is 3.76. The van der Waals surface area contributed by atoms with Crippen LogP contribution in [-0.4, -0.2) is 18.5 Å². The molecule has 0 fully saturated rings. The second-order valence-corrected chi connectivity index (χ2v) is 6.09. The van der Waals surface area contributed by atoms with Crippen molar-refractivity contribution in [1.82, 2.24) is 0 Å². The zero-order chi connectivity index (χ0) is 19.4. The van der Waals surface area contributed by atoms with Crippen LogP contribution in [0, 0.1) is 6.92 Å². The van der Waals surface area contributed by atoms with Gasteiger partial charge in [-0.2, -0.15) is 0 Å². The number of esters is 2. The molecule has 0 atom stereocenters. The molecular formula is C22H20O5. The lowest BCUT2D eigenvalue weighted by Crippen LogP contribution is -2.03. The SMILES string of the molecule is C=CC(=O)OCCCc1ccc2c(oc3cc(OC(=O)C=C)ccc32)c1C. The fourth-order valence-corrected chi connectivity index (χ4v) is 2.98. The highest BCUT2D eigenvalue weighted by Crippen LogP contribution is 2.34. The maximum Gasteiger partial charge on any atom is 0.335 e. The van der Waals surface area contributed by atoms with Crippen molar-refractivity contribution in [3.8, 4) is 5.75 Å². The summed E-state index contributed by atoms with van der Waals surface area (Å²) in [6, 6.07) is 9.39. The molecule has 5 heteroatoms. The lowest BCUT2D eigenvalue weighted by molar-refractivity contribution is -0.137. The van der Waals surface area contributed by atoms with E-state index in [0.29, 0.717) is 24.4 Å². The van der Waals surface area contributed by atoms with Crippen molar-refractivity contribution < 1.29 is 23.5 Å². The number of furan rings is 1. The molecule has 138 valence electrons.